The Morgan fingerprint density at radius 1 is 0.423 bits per heavy atom. The lowest BCUT2D eigenvalue weighted by molar-refractivity contribution is 0.769. The van der Waals surface area contributed by atoms with E-state index in [1.165, 1.54) is 49.5 Å². The first-order valence-corrected chi connectivity index (χ1v) is 32.3. The van der Waals surface area contributed by atoms with E-state index in [9.17, 15) is 0 Å². The minimum atomic E-state index is -1.86. The van der Waals surface area contributed by atoms with Crippen LogP contribution in [0.15, 0.2) is 129 Å². The Balaban J connectivity index is 0.000000252. The van der Waals surface area contributed by atoms with Gasteiger partial charge in [-0.2, -0.15) is 0 Å². The van der Waals surface area contributed by atoms with Crippen molar-refractivity contribution in [2.75, 3.05) is 0 Å². The van der Waals surface area contributed by atoms with Gasteiger partial charge in [0.05, 0.1) is 0 Å². The summed E-state index contributed by atoms with van der Waals surface area (Å²) in [7, 11) is -3.71. The molecule has 0 aliphatic rings. The fourth-order valence-corrected chi connectivity index (χ4v) is 26.2. The summed E-state index contributed by atoms with van der Waals surface area (Å²) in [5, 5.41) is 4.27. The zero-order chi connectivity index (χ0) is 54.4. The summed E-state index contributed by atoms with van der Waals surface area (Å²) in [4.78, 5) is 30.7. The molecule has 0 radical (unpaired) electrons. The van der Waals surface area contributed by atoms with Crippen molar-refractivity contribution in [1.29, 1.82) is 0 Å². The molecular weight excluding hydrogens is 1010 g/mol. The van der Waals surface area contributed by atoms with Gasteiger partial charge in [0.15, 0.2) is 16.5 Å². The van der Waals surface area contributed by atoms with Crippen molar-refractivity contribution in [2.45, 2.75) is 197 Å². The second kappa shape index (κ2) is 27.9. The predicted octanol–water partition coefficient (Wildman–Crippen LogP) is 19.4. The summed E-state index contributed by atoms with van der Waals surface area (Å²) in [5.74, 6) is 0.941. The molecule has 0 aromatic carbocycles. The first-order valence-electron chi connectivity index (χ1n) is 27.5. The molecule has 9 nitrogen and oxygen atoms in total. The number of hydrogen-bond donors (Lipinski definition) is 1. The summed E-state index contributed by atoms with van der Waals surface area (Å²) < 4.78 is 5.23. The van der Waals surface area contributed by atoms with Gasteiger partial charge in [-0.25, -0.2) is 19.9 Å². The van der Waals surface area contributed by atoms with Crippen molar-refractivity contribution < 1.29 is 0 Å². The number of nitrogens with zero attached hydrogens (tertiary/aromatic N) is 8. The highest BCUT2D eigenvalue weighted by atomic mass is 35.5. The maximum absolute atomic E-state index is 5.96. The Bertz CT molecular complexity index is 3190. The van der Waals surface area contributed by atoms with Crippen LogP contribution in [0.3, 0.4) is 0 Å². The van der Waals surface area contributed by atoms with Gasteiger partial charge in [0.2, 0.25) is 0 Å². The molecule has 0 aliphatic carbocycles. The Labute approximate surface area is 477 Å². The summed E-state index contributed by atoms with van der Waals surface area (Å²) in [6, 6.07) is 25.2. The average Bonchev–Trinajstić information content (AvgIpc) is 4.22. The molecular formula is C66H96ClN9Si2. The maximum atomic E-state index is 5.96. The van der Waals surface area contributed by atoms with Crippen LogP contribution in [0.2, 0.25) is 38.4 Å². The molecule has 0 fully saturated rings. The smallest absolute Gasteiger partial charge is 0.171 e. The first kappa shape index (κ1) is 64.8. The molecule has 0 atom stereocenters. The highest BCUT2D eigenvalue weighted by Crippen LogP contribution is 2.46. The molecule has 9 heterocycles. The number of H-pyrrole nitrogens is 1. The fourth-order valence-electron chi connectivity index (χ4n) is 12.9. The lowest BCUT2D eigenvalue weighted by Crippen LogP contribution is -2.51. The largest absolute Gasteiger partial charge is 0.358 e. The molecule has 0 bridgehead atoms. The van der Waals surface area contributed by atoms with E-state index >= 15 is 0 Å². The van der Waals surface area contributed by atoms with E-state index in [-0.39, 0.29) is 22.3 Å². The van der Waals surface area contributed by atoms with Crippen molar-refractivity contribution in [3.05, 3.63) is 178 Å². The summed E-state index contributed by atoms with van der Waals surface area (Å²) in [5.41, 5.74) is 17.0. The minimum absolute atomic E-state index is 0. The summed E-state index contributed by atoms with van der Waals surface area (Å²) in [6.45, 7) is 37.5. The van der Waals surface area contributed by atoms with Crippen LogP contribution in [-0.4, -0.2) is 59.8 Å². The number of aromatic nitrogens is 9. The van der Waals surface area contributed by atoms with E-state index in [4.69, 9.17) is 21.6 Å². The lowest BCUT2D eigenvalue weighted by Gasteiger charge is -2.44. The maximum Gasteiger partial charge on any atom is 0.171 e. The topological polar surface area (TPSA) is 103 Å². The Morgan fingerprint density at radius 3 is 1.13 bits per heavy atom. The lowest BCUT2D eigenvalue weighted by atomic mass is 10.0. The number of fused-ring (bicyclic) bond motifs is 3. The van der Waals surface area contributed by atoms with Crippen LogP contribution in [0.1, 0.15) is 190 Å². The van der Waals surface area contributed by atoms with E-state index in [0.29, 0.717) is 50.2 Å². The van der Waals surface area contributed by atoms with Gasteiger partial charge in [-0.05, 0) is 133 Å². The number of hydrogen-bond acceptors (Lipinski definition) is 6. The van der Waals surface area contributed by atoms with E-state index in [2.05, 4.69) is 211 Å². The fraction of sp³-hybridized carbons (Fsp3) is 0.455. The molecule has 78 heavy (non-hydrogen) atoms. The molecule has 0 amide bonds. The summed E-state index contributed by atoms with van der Waals surface area (Å²) in [6.07, 6.45) is 21.1. The third-order valence-electron chi connectivity index (χ3n) is 16.1. The Hall–Kier alpha value is -5.76. The third-order valence-corrected chi connectivity index (χ3v) is 29.7. The molecule has 12 heteroatoms. The molecule has 420 valence electrons. The minimum Gasteiger partial charge on any atom is -0.358 e. The van der Waals surface area contributed by atoms with Gasteiger partial charge in [-0.15, -0.1) is 0 Å². The second-order valence-electron chi connectivity index (χ2n) is 23.2. The van der Waals surface area contributed by atoms with Gasteiger partial charge >= 0.3 is 0 Å². The van der Waals surface area contributed by atoms with Crippen molar-refractivity contribution >= 4 is 61.2 Å². The highest BCUT2D eigenvalue weighted by molar-refractivity contribution is 6.83. The average molecular weight is 1110 g/mol. The SMILES string of the molecule is C.C.C.CC(C)[Si](C(C)C)(C(C)C)n1cc(Cc2ccc(Cl)nc2)c2cccnc21.CC(C)c1ccc(Cc2c[nH]c3ncccc23)cn1.CC(C)c1ccc(Cc2cn([Si](C(C)C)(C(C)C)C(C)C)c3ncccc23)cn1. The van der Waals surface area contributed by atoms with Gasteiger partial charge in [0.25, 0.3) is 0 Å². The molecule has 9 rings (SSSR count). The standard InChI is InChI=1S/C25H37N3Si.C22H30ClN3Si.C16H17N3.3CH4/c1-17(2)24-12-11-21(15-27-24)14-22-16-28(25-23(22)10-9-13-26-25)29(18(3)4,19(5)6)20(7)8;1-15(2)27(16(3)4,17(5)6)26-14-19(20-8-7-11-24-22(20)26)12-18-9-10-21(23)25-13-18;1-11(2)15-6-5-12(9-18-15)8-13-10-19-16-14(13)4-3-7-17-16;;;/h9-13,15-20H,14H2,1-8H3;7-11,13-17H,12H2,1-6H3;3-7,9-11H,8H2,1-2H3,(H,17,19);3*1H4. The molecule has 1 N–H and O–H groups in total. The van der Waals surface area contributed by atoms with Gasteiger partial charge in [-0.3, -0.25) is 9.97 Å². The van der Waals surface area contributed by atoms with E-state index in [1.807, 2.05) is 61.6 Å². The Kier molecular flexibility index (Phi) is 23.2. The number of nitrogens with one attached hydrogen (secondary N) is 1. The quantitative estimate of drug-likeness (QED) is 0.0764. The van der Waals surface area contributed by atoms with Crippen molar-refractivity contribution in [1.82, 2.24) is 43.4 Å². The molecule has 0 spiro atoms. The van der Waals surface area contributed by atoms with Crippen LogP contribution in [0.4, 0.5) is 0 Å². The number of pyridine rings is 6. The van der Waals surface area contributed by atoms with E-state index in [0.717, 1.165) is 47.6 Å². The number of rotatable bonds is 16. The van der Waals surface area contributed by atoms with Crippen molar-refractivity contribution in [3.8, 4) is 0 Å². The molecule has 0 saturated heterocycles. The van der Waals surface area contributed by atoms with Gasteiger partial charge in [-0.1, -0.05) is 163 Å². The van der Waals surface area contributed by atoms with Crippen LogP contribution >= 0.6 is 11.6 Å². The predicted molar refractivity (Wildman–Crippen MR) is 343 cm³/mol. The normalized spacial score (nSPS) is 11.9. The molecule has 9 aromatic rings. The first-order chi connectivity index (χ1) is 35.7. The zero-order valence-electron chi connectivity index (χ0n) is 47.8. The molecule has 0 saturated carbocycles. The van der Waals surface area contributed by atoms with Gasteiger partial charge < -0.3 is 13.4 Å². The van der Waals surface area contributed by atoms with Gasteiger partial charge in [0.1, 0.15) is 22.1 Å². The molecule has 0 aliphatic heterocycles. The molecule has 0 unspecified atom stereocenters. The van der Waals surface area contributed by atoms with Crippen LogP contribution in [0.25, 0.3) is 33.1 Å². The van der Waals surface area contributed by atoms with Crippen LogP contribution in [0.5, 0.6) is 0 Å². The second-order valence-corrected chi connectivity index (χ2v) is 35.1. The summed E-state index contributed by atoms with van der Waals surface area (Å²) >= 11 is 5.96. The van der Waals surface area contributed by atoms with E-state index in [1.54, 1.807) is 0 Å². The van der Waals surface area contributed by atoms with Crippen LogP contribution in [0, 0.1) is 0 Å². The zero-order valence-corrected chi connectivity index (χ0v) is 50.6. The Morgan fingerprint density at radius 2 is 0.782 bits per heavy atom. The van der Waals surface area contributed by atoms with Crippen molar-refractivity contribution in [2.24, 2.45) is 0 Å². The number of halogens is 1. The number of aromatic amines is 1. The highest BCUT2D eigenvalue weighted by Gasteiger charge is 2.47. The van der Waals surface area contributed by atoms with Crippen LogP contribution < -0.4 is 0 Å². The van der Waals surface area contributed by atoms with Crippen LogP contribution in [-0.2, 0) is 19.3 Å². The van der Waals surface area contributed by atoms with Gasteiger partial charge in [0, 0.05) is 103 Å². The third kappa shape index (κ3) is 13.4. The monoisotopic (exact) mass is 1110 g/mol. The van der Waals surface area contributed by atoms with E-state index < -0.39 is 16.5 Å². The molecule has 9 aromatic heterocycles. The van der Waals surface area contributed by atoms with Crippen molar-refractivity contribution in [3.63, 3.8) is 0 Å².